The van der Waals surface area contributed by atoms with E-state index < -0.39 is 24.6 Å². The van der Waals surface area contributed by atoms with Crippen LogP contribution in [0.1, 0.15) is 43.9 Å². The molecule has 0 bridgehead atoms. The summed E-state index contributed by atoms with van der Waals surface area (Å²) in [5.41, 5.74) is 2.45. The van der Waals surface area contributed by atoms with Gasteiger partial charge in [0.15, 0.2) is 0 Å². The molecule has 0 amide bonds. The predicted octanol–water partition coefficient (Wildman–Crippen LogP) is -0.848. The number of hydrogen-bond donors (Lipinski definition) is 3. The number of aliphatic hydroxyl groups is 2. The van der Waals surface area contributed by atoms with Crippen molar-refractivity contribution in [3.63, 3.8) is 0 Å². The van der Waals surface area contributed by atoms with Crippen molar-refractivity contribution in [3.05, 3.63) is 59.7 Å². The van der Waals surface area contributed by atoms with Crippen molar-refractivity contribution in [2.75, 3.05) is 5.32 Å². The number of aromatic nitrogens is 4. The summed E-state index contributed by atoms with van der Waals surface area (Å²) in [6.07, 6.45) is 1.63. The van der Waals surface area contributed by atoms with Crippen LogP contribution in [0.25, 0.3) is 17.3 Å². The summed E-state index contributed by atoms with van der Waals surface area (Å²) < 4.78 is 15.2. The standard InChI is InChI=1S/C24H28FN5O4.Na/c1-14(2)22-19(9-8-17(31)12-18(32)13-21(33)34)23(15-4-6-16(25)7-5-15)29-24(28-22)27-20-10-11-26-30(20)3;/h4-11,14,17-18,31-32H,12-13H2,1-3H3,(H,33,34)(H,27,28,29);/q;+1/p-1/b9-8+;/t17-,18-;/m1./s1. The number of halogens is 1. The summed E-state index contributed by atoms with van der Waals surface area (Å²) >= 11 is 0. The average molecular weight is 491 g/mol. The number of aliphatic carboxylic acids is 1. The third-order valence-corrected chi connectivity index (χ3v) is 5.10. The second-order valence-electron chi connectivity index (χ2n) is 8.21. The number of rotatable bonds is 10. The Hall–Kier alpha value is -2.63. The van der Waals surface area contributed by atoms with Gasteiger partial charge in [0.05, 0.1) is 29.8 Å². The van der Waals surface area contributed by atoms with E-state index in [0.29, 0.717) is 34.3 Å². The minimum atomic E-state index is -1.39. The van der Waals surface area contributed by atoms with Gasteiger partial charge in [-0.25, -0.2) is 14.4 Å². The van der Waals surface area contributed by atoms with Gasteiger partial charge in [-0.15, -0.1) is 0 Å². The summed E-state index contributed by atoms with van der Waals surface area (Å²) in [5.74, 6) is -0.803. The number of carbonyl (C=O) groups excluding carboxylic acids is 1. The van der Waals surface area contributed by atoms with Gasteiger partial charge in [-0.05, 0) is 30.2 Å². The number of aryl methyl sites for hydroxylation is 1. The average Bonchev–Trinajstić information content (AvgIpc) is 3.16. The van der Waals surface area contributed by atoms with Gasteiger partial charge in [-0.2, -0.15) is 5.10 Å². The summed E-state index contributed by atoms with van der Waals surface area (Å²) in [4.78, 5) is 20.0. The molecule has 0 saturated carbocycles. The van der Waals surface area contributed by atoms with Crippen LogP contribution < -0.4 is 40.0 Å². The normalized spacial score (nSPS) is 13.0. The van der Waals surface area contributed by atoms with Crippen molar-refractivity contribution < 1.29 is 54.1 Å². The Balaban J connectivity index is 0.00000432. The molecule has 0 spiro atoms. The van der Waals surface area contributed by atoms with Crippen molar-refractivity contribution >= 4 is 23.8 Å². The van der Waals surface area contributed by atoms with Gasteiger partial charge in [0.25, 0.3) is 0 Å². The Morgan fingerprint density at radius 3 is 2.46 bits per heavy atom. The van der Waals surface area contributed by atoms with Crippen LogP contribution in [0.5, 0.6) is 0 Å². The molecule has 0 aliphatic rings. The van der Waals surface area contributed by atoms with Crippen molar-refractivity contribution in [2.24, 2.45) is 7.05 Å². The van der Waals surface area contributed by atoms with E-state index in [1.807, 2.05) is 13.8 Å². The van der Waals surface area contributed by atoms with Crippen LogP contribution in [0, 0.1) is 5.82 Å². The molecule has 180 valence electrons. The van der Waals surface area contributed by atoms with Gasteiger partial charge in [0.1, 0.15) is 11.6 Å². The molecule has 11 heteroatoms. The van der Waals surface area contributed by atoms with Crippen molar-refractivity contribution in [1.29, 1.82) is 0 Å². The second kappa shape index (κ2) is 12.9. The number of carbonyl (C=O) groups is 1. The summed E-state index contributed by atoms with van der Waals surface area (Å²) in [6.45, 7) is 3.92. The SMILES string of the molecule is CC(C)c1nc(Nc2ccnn2C)nc(-c2ccc(F)cc2)c1/C=C/[C@@H](O)C[C@@H](O)CC(=O)[O-].[Na+]. The van der Waals surface area contributed by atoms with E-state index in [0.717, 1.165) is 0 Å². The molecule has 35 heavy (non-hydrogen) atoms. The minimum absolute atomic E-state index is 0. The maximum absolute atomic E-state index is 13.6. The van der Waals surface area contributed by atoms with Gasteiger partial charge in [-0.1, -0.05) is 26.0 Å². The number of carboxylic acids is 1. The fourth-order valence-corrected chi connectivity index (χ4v) is 3.43. The van der Waals surface area contributed by atoms with Crippen molar-refractivity contribution in [2.45, 2.75) is 44.8 Å². The molecule has 0 unspecified atom stereocenters. The van der Waals surface area contributed by atoms with Crippen LogP contribution >= 0.6 is 0 Å². The molecule has 0 radical (unpaired) electrons. The van der Waals surface area contributed by atoms with Crippen LogP contribution in [0.3, 0.4) is 0 Å². The zero-order valence-corrected chi connectivity index (χ0v) is 22.1. The summed E-state index contributed by atoms with van der Waals surface area (Å²) in [6, 6.07) is 7.65. The van der Waals surface area contributed by atoms with Crippen LogP contribution in [0.2, 0.25) is 0 Å². The Labute approximate surface area is 225 Å². The molecule has 2 heterocycles. The fraction of sp³-hybridized carbons (Fsp3) is 0.333. The summed E-state index contributed by atoms with van der Waals surface area (Å²) in [5, 5.41) is 38.0. The Kier molecular flexibility index (Phi) is 10.5. The number of anilines is 2. The zero-order chi connectivity index (χ0) is 24.8. The third-order valence-electron chi connectivity index (χ3n) is 5.10. The molecular formula is C24H27FN5NaO4. The molecule has 0 saturated heterocycles. The van der Waals surface area contributed by atoms with E-state index in [-0.39, 0.29) is 47.7 Å². The molecule has 3 aromatic rings. The van der Waals surface area contributed by atoms with E-state index in [4.69, 9.17) is 0 Å². The quantitative estimate of drug-likeness (QED) is 0.312. The van der Waals surface area contributed by atoms with E-state index in [1.54, 1.807) is 42.2 Å². The van der Waals surface area contributed by atoms with Crippen molar-refractivity contribution in [1.82, 2.24) is 19.7 Å². The van der Waals surface area contributed by atoms with E-state index >= 15 is 0 Å². The summed E-state index contributed by atoms with van der Waals surface area (Å²) in [7, 11) is 1.78. The van der Waals surface area contributed by atoms with E-state index in [9.17, 15) is 24.5 Å². The van der Waals surface area contributed by atoms with Crippen LogP contribution in [0.4, 0.5) is 16.2 Å². The largest absolute Gasteiger partial charge is 1.00 e. The molecule has 1 aromatic carbocycles. The molecule has 0 fully saturated rings. The molecule has 0 aliphatic heterocycles. The van der Waals surface area contributed by atoms with Gasteiger partial charge in [-0.3, -0.25) is 4.68 Å². The smallest absolute Gasteiger partial charge is 0.550 e. The molecule has 2 aromatic heterocycles. The number of nitrogens with one attached hydrogen (secondary N) is 1. The maximum atomic E-state index is 13.6. The van der Waals surface area contributed by atoms with Crippen LogP contribution in [-0.4, -0.2) is 48.1 Å². The zero-order valence-electron chi connectivity index (χ0n) is 20.1. The van der Waals surface area contributed by atoms with Crippen LogP contribution in [-0.2, 0) is 11.8 Å². The van der Waals surface area contributed by atoms with Gasteiger partial charge in [0.2, 0.25) is 5.95 Å². The number of aliphatic hydroxyl groups excluding tert-OH is 2. The van der Waals surface area contributed by atoms with Crippen molar-refractivity contribution in [3.8, 4) is 11.3 Å². The van der Waals surface area contributed by atoms with Gasteiger partial charge < -0.3 is 25.4 Å². The van der Waals surface area contributed by atoms with Crippen LogP contribution in [0.15, 0.2) is 42.6 Å². The molecular weight excluding hydrogens is 464 g/mol. The third kappa shape index (κ3) is 7.94. The van der Waals surface area contributed by atoms with Gasteiger partial charge >= 0.3 is 29.6 Å². The molecule has 0 aliphatic carbocycles. The predicted molar refractivity (Wildman–Crippen MR) is 123 cm³/mol. The second-order valence-corrected chi connectivity index (χ2v) is 8.21. The van der Waals surface area contributed by atoms with E-state index in [1.165, 1.54) is 18.2 Å². The molecule has 3 N–H and O–H groups in total. The molecule has 3 rings (SSSR count). The first kappa shape index (κ1) is 28.6. The fourth-order valence-electron chi connectivity index (χ4n) is 3.43. The topological polar surface area (TPSA) is 136 Å². The first-order valence-corrected chi connectivity index (χ1v) is 10.8. The first-order chi connectivity index (χ1) is 16.1. The Morgan fingerprint density at radius 2 is 1.89 bits per heavy atom. The first-order valence-electron chi connectivity index (χ1n) is 10.8. The van der Waals surface area contributed by atoms with E-state index in [2.05, 4.69) is 20.4 Å². The molecule has 9 nitrogen and oxygen atoms in total. The maximum Gasteiger partial charge on any atom is 1.00 e. The number of carboxylic acid groups (broad SMARTS) is 1. The number of benzene rings is 1. The number of nitrogens with zero attached hydrogens (tertiary/aromatic N) is 4. The Bertz CT molecular complexity index is 1170. The number of hydrogen-bond acceptors (Lipinski definition) is 8. The Morgan fingerprint density at radius 1 is 1.20 bits per heavy atom. The molecule has 2 atom stereocenters. The minimum Gasteiger partial charge on any atom is -0.550 e. The monoisotopic (exact) mass is 491 g/mol. The van der Waals surface area contributed by atoms with Gasteiger partial charge in [0, 0.05) is 43.1 Å².